The number of hydrogen-bond acceptors (Lipinski definition) is 4. The number of aliphatic hydroxyl groups excluding tert-OH is 1. The van der Waals surface area contributed by atoms with Crippen LogP contribution in [-0.4, -0.2) is 34.1 Å². The molecule has 1 heterocycles. The van der Waals surface area contributed by atoms with Crippen molar-refractivity contribution >= 4 is 5.91 Å². The standard InChI is InChI=1S/C14H23N3O4/c1-10-11(13(20)17-14(21)16-10)6-7-12(19)15-8-4-2-3-5-9-18/h18H,2-9H2,1H3,(H,15,19)(H2,16,17,20,21). The molecule has 0 aliphatic rings. The minimum absolute atomic E-state index is 0.109. The summed E-state index contributed by atoms with van der Waals surface area (Å²) in [6, 6.07) is 0. The zero-order chi connectivity index (χ0) is 15.7. The van der Waals surface area contributed by atoms with Crippen LogP contribution in [0.4, 0.5) is 0 Å². The Morgan fingerprint density at radius 3 is 2.52 bits per heavy atom. The number of nitrogens with one attached hydrogen (secondary N) is 3. The molecule has 7 heteroatoms. The van der Waals surface area contributed by atoms with Gasteiger partial charge in [-0.05, 0) is 26.2 Å². The van der Waals surface area contributed by atoms with Crippen molar-refractivity contribution < 1.29 is 9.90 Å². The monoisotopic (exact) mass is 297 g/mol. The van der Waals surface area contributed by atoms with Crippen LogP contribution in [0.25, 0.3) is 0 Å². The summed E-state index contributed by atoms with van der Waals surface area (Å²) < 4.78 is 0. The maximum absolute atomic E-state index is 11.7. The molecule has 4 N–H and O–H groups in total. The van der Waals surface area contributed by atoms with Crippen LogP contribution in [0.1, 0.15) is 43.4 Å². The highest BCUT2D eigenvalue weighted by Gasteiger charge is 2.08. The number of hydrogen-bond donors (Lipinski definition) is 4. The van der Waals surface area contributed by atoms with Gasteiger partial charge in [0.2, 0.25) is 5.91 Å². The molecule has 0 aromatic carbocycles. The first-order valence-electron chi connectivity index (χ1n) is 7.24. The Hall–Kier alpha value is -1.89. The second-order valence-electron chi connectivity index (χ2n) is 5.00. The van der Waals surface area contributed by atoms with Gasteiger partial charge in [-0.1, -0.05) is 12.8 Å². The van der Waals surface area contributed by atoms with E-state index in [1.165, 1.54) is 0 Å². The molecule has 21 heavy (non-hydrogen) atoms. The maximum atomic E-state index is 11.7. The summed E-state index contributed by atoms with van der Waals surface area (Å²) in [5, 5.41) is 11.4. The number of aliphatic hydroxyl groups is 1. The summed E-state index contributed by atoms with van der Waals surface area (Å²) in [6.07, 6.45) is 4.12. The molecular formula is C14H23N3O4. The van der Waals surface area contributed by atoms with Crippen LogP contribution in [0.2, 0.25) is 0 Å². The molecule has 0 atom stereocenters. The molecule has 0 unspecified atom stereocenters. The molecule has 0 saturated carbocycles. The van der Waals surface area contributed by atoms with Crippen molar-refractivity contribution in [2.75, 3.05) is 13.2 Å². The van der Waals surface area contributed by atoms with E-state index in [0.717, 1.165) is 25.7 Å². The van der Waals surface area contributed by atoms with Gasteiger partial charge in [0.05, 0.1) is 0 Å². The third-order valence-corrected chi connectivity index (χ3v) is 3.26. The summed E-state index contributed by atoms with van der Waals surface area (Å²) in [4.78, 5) is 39.0. The Labute approximate surface area is 122 Å². The predicted molar refractivity (Wildman–Crippen MR) is 79.3 cm³/mol. The van der Waals surface area contributed by atoms with E-state index in [4.69, 9.17) is 5.11 Å². The smallest absolute Gasteiger partial charge is 0.325 e. The highest BCUT2D eigenvalue weighted by Crippen LogP contribution is 2.01. The van der Waals surface area contributed by atoms with Crippen LogP contribution in [-0.2, 0) is 11.2 Å². The molecule has 1 rings (SSSR count). The van der Waals surface area contributed by atoms with Gasteiger partial charge in [0.1, 0.15) is 0 Å². The lowest BCUT2D eigenvalue weighted by molar-refractivity contribution is -0.121. The number of carbonyl (C=O) groups excluding carboxylic acids is 1. The topological polar surface area (TPSA) is 115 Å². The lowest BCUT2D eigenvalue weighted by Gasteiger charge is -2.06. The molecule has 0 aliphatic carbocycles. The molecule has 0 radical (unpaired) electrons. The highest BCUT2D eigenvalue weighted by atomic mass is 16.3. The average Bonchev–Trinajstić information content (AvgIpc) is 2.41. The molecular weight excluding hydrogens is 274 g/mol. The van der Waals surface area contributed by atoms with E-state index in [9.17, 15) is 14.4 Å². The van der Waals surface area contributed by atoms with E-state index in [2.05, 4.69) is 15.3 Å². The largest absolute Gasteiger partial charge is 0.396 e. The van der Waals surface area contributed by atoms with Crippen LogP contribution in [0.15, 0.2) is 9.59 Å². The number of aromatic amines is 2. The summed E-state index contributed by atoms with van der Waals surface area (Å²) in [5.41, 5.74) is -0.0325. The van der Waals surface area contributed by atoms with E-state index in [-0.39, 0.29) is 18.9 Å². The van der Waals surface area contributed by atoms with Crippen molar-refractivity contribution in [2.24, 2.45) is 0 Å². The Morgan fingerprint density at radius 2 is 1.86 bits per heavy atom. The van der Waals surface area contributed by atoms with E-state index in [1.807, 2.05) is 0 Å². The van der Waals surface area contributed by atoms with Gasteiger partial charge in [0, 0.05) is 30.8 Å². The van der Waals surface area contributed by atoms with Gasteiger partial charge in [-0.2, -0.15) is 0 Å². The highest BCUT2D eigenvalue weighted by molar-refractivity contribution is 5.76. The van der Waals surface area contributed by atoms with Gasteiger partial charge in [-0.15, -0.1) is 0 Å². The van der Waals surface area contributed by atoms with Gasteiger partial charge < -0.3 is 15.4 Å². The van der Waals surface area contributed by atoms with Crippen LogP contribution < -0.4 is 16.6 Å². The van der Waals surface area contributed by atoms with E-state index >= 15 is 0 Å². The molecule has 1 aromatic heterocycles. The van der Waals surface area contributed by atoms with Gasteiger partial charge >= 0.3 is 5.69 Å². The number of unbranched alkanes of at least 4 members (excludes halogenated alkanes) is 3. The predicted octanol–water partition coefficient (Wildman–Crippen LogP) is -0.0269. The SMILES string of the molecule is Cc1[nH]c(=O)[nH]c(=O)c1CCC(=O)NCCCCCCO. The number of aryl methyl sites for hydroxylation is 1. The van der Waals surface area contributed by atoms with E-state index in [0.29, 0.717) is 24.2 Å². The third kappa shape index (κ3) is 6.40. The quantitative estimate of drug-likeness (QED) is 0.479. The molecule has 0 spiro atoms. The zero-order valence-corrected chi connectivity index (χ0v) is 12.3. The van der Waals surface area contributed by atoms with E-state index in [1.54, 1.807) is 6.92 Å². The Balaban J connectivity index is 2.31. The van der Waals surface area contributed by atoms with Crippen molar-refractivity contribution in [2.45, 2.75) is 45.4 Å². The van der Waals surface area contributed by atoms with Gasteiger partial charge in [0.15, 0.2) is 0 Å². The minimum Gasteiger partial charge on any atom is -0.396 e. The lowest BCUT2D eigenvalue weighted by atomic mass is 10.1. The van der Waals surface area contributed by atoms with Crippen LogP contribution in [0.5, 0.6) is 0 Å². The van der Waals surface area contributed by atoms with Gasteiger partial charge in [0.25, 0.3) is 5.56 Å². The van der Waals surface area contributed by atoms with Crippen molar-refractivity contribution in [3.05, 3.63) is 32.1 Å². The average molecular weight is 297 g/mol. The first-order chi connectivity index (χ1) is 10.0. The van der Waals surface area contributed by atoms with Crippen molar-refractivity contribution in [1.82, 2.24) is 15.3 Å². The number of rotatable bonds is 9. The van der Waals surface area contributed by atoms with Crippen LogP contribution in [0, 0.1) is 6.92 Å². The van der Waals surface area contributed by atoms with Gasteiger partial charge in [-0.25, -0.2) is 4.79 Å². The van der Waals surface area contributed by atoms with Crippen molar-refractivity contribution in [3.63, 3.8) is 0 Å². The van der Waals surface area contributed by atoms with Crippen molar-refractivity contribution in [1.29, 1.82) is 0 Å². The number of amides is 1. The second kappa shape index (κ2) is 9.12. The molecule has 0 saturated heterocycles. The normalized spacial score (nSPS) is 10.6. The Bertz CT molecular complexity index is 562. The fourth-order valence-electron chi connectivity index (χ4n) is 2.07. The fourth-order valence-corrected chi connectivity index (χ4v) is 2.07. The van der Waals surface area contributed by atoms with Crippen LogP contribution >= 0.6 is 0 Å². The zero-order valence-electron chi connectivity index (χ0n) is 12.3. The number of carbonyl (C=O) groups is 1. The molecule has 1 amide bonds. The molecule has 7 nitrogen and oxygen atoms in total. The fraction of sp³-hybridized carbons (Fsp3) is 0.643. The Kier molecular flexibility index (Phi) is 7.45. The molecule has 118 valence electrons. The van der Waals surface area contributed by atoms with Crippen molar-refractivity contribution in [3.8, 4) is 0 Å². The molecule has 0 bridgehead atoms. The summed E-state index contributed by atoms with van der Waals surface area (Å²) in [5.74, 6) is -0.109. The first-order valence-corrected chi connectivity index (χ1v) is 7.24. The van der Waals surface area contributed by atoms with Crippen LogP contribution in [0.3, 0.4) is 0 Å². The lowest BCUT2D eigenvalue weighted by Crippen LogP contribution is -2.29. The van der Waals surface area contributed by atoms with E-state index < -0.39 is 11.2 Å². The molecule has 1 aromatic rings. The van der Waals surface area contributed by atoms with Gasteiger partial charge in [-0.3, -0.25) is 14.6 Å². The number of aromatic nitrogens is 2. The molecule has 0 fully saturated rings. The molecule has 0 aliphatic heterocycles. The third-order valence-electron chi connectivity index (χ3n) is 3.26. The first kappa shape index (κ1) is 17.2. The second-order valence-corrected chi connectivity index (χ2v) is 5.00. The number of H-pyrrole nitrogens is 2. The Morgan fingerprint density at radius 1 is 1.14 bits per heavy atom. The summed E-state index contributed by atoms with van der Waals surface area (Å²) in [7, 11) is 0. The summed E-state index contributed by atoms with van der Waals surface area (Å²) >= 11 is 0. The summed E-state index contributed by atoms with van der Waals surface area (Å²) in [6.45, 7) is 2.45. The maximum Gasteiger partial charge on any atom is 0.325 e. The minimum atomic E-state index is -0.534.